The highest BCUT2D eigenvalue weighted by Gasteiger charge is 2.13. The third-order valence-electron chi connectivity index (χ3n) is 3.25. The molecule has 134 valence electrons. The molecule has 25 heavy (non-hydrogen) atoms. The molecule has 0 spiro atoms. The lowest BCUT2D eigenvalue weighted by atomic mass is 10.3. The normalized spacial score (nSPS) is 11.3. The van der Waals surface area contributed by atoms with Gasteiger partial charge >= 0.3 is 0 Å². The number of amides is 1. The van der Waals surface area contributed by atoms with Gasteiger partial charge in [0.15, 0.2) is 0 Å². The van der Waals surface area contributed by atoms with Gasteiger partial charge in [-0.25, -0.2) is 13.1 Å². The molecule has 0 bridgehead atoms. The SMILES string of the molecule is CCC(=O)Nc1ccc(S(=O)(=O)NCCSc2ccc(Cl)cc2)cc1. The average Bonchev–Trinajstić information content (AvgIpc) is 2.60. The third kappa shape index (κ3) is 6.36. The fourth-order valence-electron chi connectivity index (χ4n) is 1.93. The average molecular weight is 399 g/mol. The number of benzene rings is 2. The van der Waals surface area contributed by atoms with Crippen molar-refractivity contribution in [2.45, 2.75) is 23.1 Å². The van der Waals surface area contributed by atoms with E-state index in [1.807, 2.05) is 12.1 Å². The molecule has 0 unspecified atom stereocenters. The smallest absolute Gasteiger partial charge is 0.240 e. The molecule has 1 amide bonds. The van der Waals surface area contributed by atoms with Gasteiger partial charge in [-0.2, -0.15) is 0 Å². The van der Waals surface area contributed by atoms with Gasteiger partial charge in [0.25, 0.3) is 0 Å². The minimum absolute atomic E-state index is 0.118. The summed E-state index contributed by atoms with van der Waals surface area (Å²) in [5.41, 5.74) is 0.573. The molecule has 0 fully saturated rings. The van der Waals surface area contributed by atoms with Crippen molar-refractivity contribution >= 4 is 45.0 Å². The molecule has 0 aliphatic rings. The van der Waals surface area contributed by atoms with E-state index in [0.29, 0.717) is 29.4 Å². The summed E-state index contributed by atoms with van der Waals surface area (Å²) < 4.78 is 27.1. The van der Waals surface area contributed by atoms with Gasteiger partial charge in [0.05, 0.1) is 4.90 Å². The van der Waals surface area contributed by atoms with Crippen LogP contribution < -0.4 is 10.0 Å². The zero-order chi connectivity index (χ0) is 18.3. The zero-order valence-corrected chi connectivity index (χ0v) is 16.0. The lowest BCUT2D eigenvalue weighted by Crippen LogP contribution is -2.26. The number of hydrogen-bond donors (Lipinski definition) is 2. The molecule has 8 heteroatoms. The second kappa shape index (κ2) is 9.24. The van der Waals surface area contributed by atoms with Crippen molar-refractivity contribution in [1.82, 2.24) is 4.72 Å². The van der Waals surface area contributed by atoms with Crippen molar-refractivity contribution in [2.24, 2.45) is 0 Å². The molecule has 5 nitrogen and oxygen atoms in total. The highest BCUT2D eigenvalue weighted by Crippen LogP contribution is 2.20. The summed E-state index contributed by atoms with van der Waals surface area (Å²) in [5, 5.41) is 3.35. The summed E-state index contributed by atoms with van der Waals surface area (Å²) in [4.78, 5) is 12.5. The third-order valence-corrected chi connectivity index (χ3v) is 5.99. The minimum atomic E-state index is -3.57. The van der Waals surface area contributed by atoms with E-state index in [9.17, 15) is 13.2 Å². The molecular weight excluding hydrogens is 380 g/mol. The van der Waals surface area contributed by atoms with Gasteiger partial charge in [0.1, 0.15) is 0 Å². The van der Waals surface area contributed by atoms with E-state index < -0.39 is 10.0 Å². The maximum absolute atomic E-state index is 12.3. The highest BCUT2D eigenvalue weighted by molar-refractivity contribution is 7.99. The predicted octanol–water partition coefficient (Wildman–Crippen LogP) is 3.76. The number of anilines is 1. The Hall–Kier alpha value is -1.54. The van der Waals surface area contributed by atoms with Crippen LogP contribution in [0.1, 0.15) is 13.3 Å². The number of rotatable bonds is 8. The first kappa shape index (κ1) is 19.8. The molecule has 0 aliphatic carbocycles. The van der Waals surface area contributed by atoms with Gasteiger partial charge in [-0.1, -0.05) is 18.5 Å². The molecule has 0 aliphatic heterocycles. The van der Waals surface area contributed by atoms with Crippen LogP contribution in [0, 0.1) is 0 Å². The van der Waals surface area contributed by atoms with E-state index in [0.717, 1.165) is 4.90 Å². The first-order valence-electron chi connectivity index (χ1n) is 7.68. The van der Waals surface area contributed by atoms with Gasteiger partial charge in [0, 0.05) is 34.3 Å². The number of sulfonamides is 1. The van der Waals surface area contributed by atoms with Crippen LogP contribution in [0.2, 0.25) is 5.02 Å². The quantitative estimate of drug-likeness (QED) is 0.524. The van der Waals surface area contributed by atoms with Crippen molar-refractivity contribution in [3.8, 4) is 0 Å². The molecule has 0 heterocycles. The molecule has 0 atom stereocenters. The van der Waals surface area contributed by atoms with Crippen LogP contribution in [-0.4, -0.2) is 26.6 Å². The first-order valence-corrected chi connectivity index (χ1v) is 10.5. The summed E-state index contributed by atoms with van der Waals surface area (Å²) in [5.74, 6) is 0.485. The number of carbonyl (C=O) groups excluding carboxylic acids is 1. The Morgan fingerprint density at radius 3 is 2.32 bits per heavy atom. The Morgan fingerprint density at radius 2 is 1.72 bits per heavy atom. The second-order valence-corrected chi connectivity index (χ2v) is 8.50. The Bertz CT molecular complexity index is 807. The van der Waals surface area contributed by atoms with Crippen LogP contribution in [0.5, 0.6) is 0 Å². The van der Waals surface area contributed by atoms with Gasteiger partial charge in [-0.05, 0) is 48.5 Å². The van der Waals surface area contributed by atoms with Crippen LogP contribution >= 0.6 is 23.4 Å². The second-order valence-electron chi connectivity index (χ2n) is 5.13. The maximum atomic E-state index is 12.3. The van der Waals surface area contributed by atoms with Crippen molar-refractivity contribution in [2.75, 3.05) is 17.6 Å². The zero-order valence-electron chi connectivity index (χ0n) is 13.7. The molecule has 2 rings (SSSR count). The van der Waals surface area contributed by atoms with Crippen molar-refractivity contribution < 1.29 is 13.2 Å². The van der Waals surface area contributed by atoms with Crippen LogP contribution in [0.3, 0.4) is 0 Å². The molecular formula is C17H19ClN2O3S2. The van der Waals surface area contributed by atoms with E-state index >= 15 is 0 Å². The summed E-state index contributed by atoms with van der Waals surface area (Å²) in [7, 11) is -3.57. The summed E-state index contributed by atoms with van der Waals surface area (Å²) in [6, 6.07) is 13.5. The monoisotopic (exact) mass is 398 g/mol. The lowest BCUT2D eigenvalue weighted by Gasteiger charge is -2.08. The van der Waals surface area contributed by atoms with E-state index in [-0.39, 0.29) is 10.8 Å². The predicted molar refractivity (Wildman–Crippen MR) is 103 cm³/mol. The van der Waals surface area contributed by atoms with E-state index in [1.165, 1.54) is 12.1 Å². The summed E-state index contributed by atoms with van der Waals surface area (Å²) in [6.45, 7) is 2.06. The van der Waals surface area contributed by atoms with Crippen molar-refractivity contribution in [3.63, 3.8) is 0 Å². The van der Waals surface area contributed by atoms with E-state index in [1.54, 1.807) is 43.0 Å². The van der Waals surface area contributed by atoms with Gasteiger partial charge < -0.3 is 5.32 Å². The maximum Gasteiger partial charge on any atom is 0.240 e. The molecule has 2 N–H and O–H groups in total. The van der Waals surface area contributed by atoms with Crippen LogP contribution in [0.15, 0.2) is 58.3 Å². The summed E-state index contributed by atoms with van der Waals surface area (Å²) in [6.07, 6.45) is 0.368. The Labute approximate surface area is 157 Å². The van der Waals surface area contributed by atoms with Gasteiger partial charge in [-0.15, -0.1) is 11.8 Å². The van der Waals surface area contributed by atoms with Crippen molar-refractivity contribution in [1.29, 1.82) is 0 Å². The Morgan fingerprint density at radius 1 is 1.08 bits per heavy atom. The lowest BCUT2D eigenvalue weighted by molar-refractivity contribution is -0.115. The highest BCUT2D eigenvalue weighted by atomic mass is 35.5. The van der Waals surface area contributed by atoms with Gasteiger partial charge in [-0.3, -0.25) is 4.79 Å². The number of hydrogen-bond acceptors (Lipinski definition) is 4. The number of carbonyl (C=O) groups is 1. The Kier molecular flexibility index (Phi) is 7.31. The van der Waals surface area contributed by atoms with Crippen LogP contribution in [0.4, 0.5) is 5.69 Å². The topological polar surface area (TPSA) is 75.3 Å². The first-order chi connectivity index (χ1) is 11.9. The largest absolute Gasteiger partial charge is 0.326 e. The number of nitrogens with one attached hydrogen (secondary N) is 2. The Balaban J connectivity index is 1.86. The molecule has 0 saturated heterocycles. The standard InChI is InChI=1S/C17H19ClN2O3S2/c1-2-17(21)20-14-5-9-16(10-6-14)25(22,23)19-11-12-24-15-7-3-13(18)4-8-15/h3-10,19H,2,11-12H2,1H3,(H,20,21). The fourth-order valence-corrected chi connectivity index (χ4v) is 3.98. The molecule has 0 saturated carbocycles. The van der Waals surface area contributed by atoms with Gasteiger partial charge in [0.2, 0.25) is 15.9 Å². The van der Waals surface area contributed by atoms with E-state index in [4.69, 9.17) is 11.6 Å². The molecule has 2 aromatic rings. The van der Waals surface area contributed by atoms with Crippen molar-refractivity contribution in [3.05, 3.63) is 53.6 Å². The number of thioether (sulfide) groups is 1. The molecule has 2 aromatic carbocycles. The molecule has 0 aromatic heterocycles. The number of halogens is 1. The summed E-state index contributed by atoms with van der Waals surface area (Å²) >= 11 is 7.37. The fraction of sp³-hybridized carbons (Fsp3) is 0.235. The van der Waals surface area contributed by atoms with Crippen LogP contribution in [-0.2, 0) is 14.8 Å². The minimum Gasteiger partial charge on any atom is -0.326 e. The molecule has 0 radical (unpaired) electrons. The van der Waals surface area contributed by atoms with Crippen LogP contribution in [0.25, 0.3) is 0 Å². The van der Waals surface area contributed by atoms with E-state index in [2.05, 4.69) is 10.0 Å².